The molecule has 0 bridgehead atoms. The summed E-state index contributed by atoms with van der Waals surface area (Å²) in [4.78, 5) is 29.6. The number of amides is 1. The second-order valence-electron chi connectivity index (χ2n) is 4.29. The SMILES string of the molecule is CCCCCCCCOC(=O)CC1=NC=NC1=O. The van der Waals surface area contributed by atoms with Crippen molar-refractivity contribution in [1.82, 2.24) is 0 Å². The zero-order valence-corrected chi connectivity index (χ0v) is 10.9. The van der Waals surface area contributed by atoms with Crippen molar-refractivity contribution < 1.29 is 14.3 Å². The van der Waals surface area contributed by atoms with Crippen molar-refractivity contribution in [2.24, 2.45) is 9.98 Å². The second kappa shape index (κ2) is 8.55. The summed E-state index contributed by atoms with van der Waals surface area (Å²) >= 11 is 0. The molecule has 0 atom stereocenters. The third kappa shape index (κ3) is 5.70. The molecule has 0 aromatic rings. The molecule has 1 amide bonds. The normalized spacial score (nSPS) is 13.8. The maximum absolute atomic E-state index is 11.4. The fourth-order valence-corrected chi connectivity index (χ4v) is 1.66. The molecule has 5 nitrogen and oxygen atoms in total. The highest BCUT2D eigenvalue weighted by atomic mass is 16.5. The largest absolute Gasteiger partial charge is 0.465 e. The lowest BCUT2D eigenvalue weighted by Gasteiger charge is -2.04. The molecule has 0 spiro atoms. The zero-order valence-electron chi connectivity index (χ0n) is 10.9. The molecule has 0 saturated heterocycles. The lowest BCUT2D eigenvalue weighted by molar-refractivity contribution is -0.142. The lowest BCUT2D eigenvalue weighted by atomic mass is 10.1. The first-order chi connectivity index (χ1) is 8.74. The number of rotatable bonds is 9. The van der Waals surface area contributed by atoms with Crippen LogP contribution in [-0.4, -0.2) is 30.5 Å². The maximum Gasteiger partial charge on any atom is 0.312 e. The molecule has 0 fully saturated rings. The minimum absolute atomic E-state index is 0.0747. The highest BCUT2D eigenvalue weighted by molar-refractivity contribution is 6.46. The van der Waals surface area contributed by atoms with Crippen LogP contribution in [-0.2, 0) is 14.3 Å². The smallest absolute Gasteiger partial charge is 0.312 e. The summed E-state index contributed by atoms with van der Waals surface area (Å²) in [5.74, 6) is -0.840. The Hall–Kier alpha value is -1.52. The number of carbonyl (C=O) groups excluding carboxylic acids is 2. The van der Waals surface area contributed by atoms with E-state index in [-0.39, 0.29) is 12.1 Å². The summed E-state index contributed by atoms with van der Waals surface area (Å²) in [7, 11) is 0. The van der Waals surface area contributed by atoms with E-state index in [0.717, 1.165) is 12.8 Å². The number of unbranched alkanes of at least 4 members (excludes halogenated alkanes) is 5. The molecule has 0 aromatic heterocycles. The van der Waals surface area contributed by atoms with E-state index in [1.807, 2.05) is 0 Å². The van der Waals surface area contributed by atoms with Crippen LogP contribution in [0.15, 0.2) is 9.98 Å². The average Bonchev–Trinajstić information content (AvgIpc) is 2.74. The fourth-order valence-electron chi connectivity index (χ4n) is 1.66. The van der Waals surface area contributed by atoms with E-state index < -0.39 is 11.9 Å². The molecule has 1 aliphatic heterocycles. The average molecular weight is 252 g/mol. The van der Waals surface area contributed by atoms with E-state index in [1.165, 1.54) is 32.0 Å². The first kappa shape index (κ1) is 14.5. The lowest BCUT2D eigenvalue weighted by Crippen LogP contribution is -2.16. The van der Waals surface area contributed by atoms with Gasteiger partial charge in [0.2, 0.25) is 0 Å². The van der Waals surface area contributed by atoms with Gasteiger partial charge in [-0.25, -0.2) is 4.99 Å². The van der Waals surface area contributed by atoms with Crippen molar-refractivity contribution in [3.63, 3.8) is 0 Å². The number of aliphatic imine (C=N–C) groups is 2. The molecule has 5 heteroatoms. The zero-order chi connectivity index (χ0) is 13.2. The third-order valence-electron chi connectivity index (χ3n) is 2.71. The van der Waals surface area contributed by atoms with Crippen LogP contribution in [0, 0.1) is 0 Å². The number of hydrogen-bond donors (Lipinski definition) is 0. The van der Waals surface area contributed by atoms with Gasteiger partial charge < -0.3 is 4.74 Å². The number of hydrogen-bond acceptors (Lipinski definition) is 4. The number of nitrogens with zero attached hydrogens (tertiary/aromatic N) is 2. The van der Waals surface area contributed by atoms with Gasteiger partial charge in [0, 0.05) is 0 Å². The molecular formula is C13H20N2O3. The summed E-state index contributed by atoms with van der Waals surface area (Å²) < 4.78 is 5.03. The summed E-state index contributed by atoms with van der Waals surface area (Å²) in [5, 5.41) is 0. The molecule has 0 radical (unpaired) electrons. The van der Waals surface area contributed by atoms with E-state index in [0.29, 0.717) is 6.61 Å². The minimum Gasteiger partial charge on any atom is -0.465 e. The predicted octanol–water partition coefficient (Wildman–Crippen LogP) is 2.29. The van der Waals surface area contributed by atoms with Crippen molar-refractivity contribution in [2.45, 2.75) is 51.9 Å². The van der Waals surface area contributed by atoms with Crippen LogP contribution in [0.3, 0.4) is 0 Å². The molecular weight excluding hydrogens is 232 g/mol. The van der Waals surface area contributed by atoms with Crippen LogP contribution >= 0.6 is 0 Å². The first-order valence-corrected chi connectivity index (χ1v) is 6.53. The van der Waals surface area contributed by atoms with Gasteiger partial charge in [0.05, 0.1) is 13.0 Å². The Morgan fingerprint density at radius 3 is 2.61 bits per heavy atom. The Balaban J connectivity index is 1.99. The van der Waals surface area contributed by atoms with Crippen LogP contribution in [0.4, 0.5) is 0 Å². The fraction of sp³-hybridized carbons (Fsp3) is 0.692. The Labute approximate surface area is 107 Å². The van der Waals surface area contributed by atoms with E-state index in [1.54, 1.807) is 0 Å². The van der Waals surface area contributed by atoms with Crippen molar-refractivity contribution in [3.05, 3.63) is 0 Å². The highest BCUT2D eigenvalue weighted by Crippen LogP contribution is 2.05. The molecule has 0 aromatic carbocycles. The van der Waals surface area contributed by atoms with E-state index >= 15 is 0 Å². The van der Waals surface area contributed by atoms with Gasteiger partial charge >= 0.3 is 5.97 Å². The van der Waals surface area contributed by atoms with Crippen molar-refractivity contribution in [1.29, 1.82) is 0 Å². The van der Waals surface area contributed by atoms with Gasteiger partial charge in [0.1, 0.15) is 12.1 Å². The highest BCUT2D eigenvalue weighted by Gasteiger charge is 2.18. The predicted molar refractivity (Wildman–Crippen MR) is 69.9 cm³/mol. The summed E-state index contributed by atoms with van der Waals surface area (Å²) in [5.41, 5.74) is 0.169. The maximum atomic E-state index is 11.4. The van der Waals surface area contributed by atoms with Gasteiger partial charge in [-0.05, 0) is 6.42 Å². The van der Waals surface area contributed by atoms with Crippen LogP contribution in [0.5, 0.6) is 0 Å². The Kier molecular flexibility index (Phi) is 6.91. The Morgan fingerprint density at radius 2 is 1.94 bits per heavy atom. The van der Waals surface area contributed by atoms with Crippen molar-refractivity contribution >= 4 is 23.9 Å². The van der Waals surface area contributed by atoms with E-state index in [9.17, 15) is 9.59 Å². The molecule has 1 aliphatic rings. The van der Waals surface area contributed by atoms with Crippen LogP contribution in [0.25, 0.3) is 0 Å². The van der Waals surface area contributed by atoms with E-state index in [4.69, 9.17) is 4.74 Å². The molecule has 18 heavy (non-hydrogen) atoms. The van der Waals surface area contributed by atoms with E-state index in [2.05, 4.69) is 16.9 Å². The number of ether oxygens (including phenoxy) is 1. The molecule has 100 valence electrons. The van der Waals surface area contributed by atoms with Gasteiger partial charge in [-0.2, -0.15) is 4.99 Å². The first-order valence-electron chi connectivity index (χ1n) is 6.53. The van der Waals surface area contributed by atoms with Crippen LogP contribution in [0.2, 0.25) is 0 Å². The monoisotopic (exact) mass is 252 g/mol. The quantitative estimate of drug-likeness (QED) is 0.467. The van der Waals surface area contributed by atoms with Gasteiger partial charge in [-0.3, -0.25) is 9.59 Å². The van der Waals surface area contributed by atoms with Gasteiger partial charge in [-0.15, -0.1) is 0 Å². The molecule has 1 heterocycles. The number of carbonyl (C=O) groups is 2. The molecule has 1 rings (SSSR count). The third-order valence-corrected chi connectivity index (χ3v) is 2.71. The summed E-state index contributed by atoms with van der Waals surface area (Å²) in [6.45, 7) is 2.60. The van der Waals surface area contributed by atoms with Gasteiger partial charge in [0.15, 0.2) is 0 Å². The number of esters is 1. The topological polar surface area (TPSA) is 68.1 Å². The van der Waals surface area contributed by atoms with Crippen molar-refractivity contribution in [2.75, 3.05) is 6.61 Å². The van der Waals surface area contributed by atoms with Crippen molar-refractivity contribution in [3.8, 4) is 0 Å². The minimum atomic E-state index is -0.438. The van der Waals surface area contributed by atoms with Crippen LogP contribution in [0.1, 0.15) is 51.9 Å². The standard InChI is InChI=1S/C13H20N2O3/c1-2-3-4-5-6-7-8-18-12(16)9-11-13(17)15-10-14-11/h10H,2-9H2,1H3. The summed E-state index contributed by atoms with van der Waals surface area (Å²) in [6, 6.07) is 0. The summed E-state index contributed by atoms with van der Waals surface area (Å²) in [6.07, 6.45) is 7.97. The Morgan fingerprint density at radius 1 is 1.22 bits per heavy atom. The molecule has 0 N–H and O–H groups in total. The molecule has 0 saturated carbocycles. The van der Waals surface area contributed by atoms with Gasteiger partial charge in [0.25, 0.3) is 5.91 Å². The van der Waals surface area contributed by atoms with Gasteiger partial charge in [-0.1, -0.05) is 39.0 Å². The van der Waals surface area contributed by atoms with Crippen LogP contribution < -0.4 is 0 Å². The molecule has 0 aliphatic carbocycles. The second-order valence-corrected chi connectivity index (χ2v) is 4.29. The Bertz CT molecular complexity index is 348. The molecule has 0 unspecified atom stereocenters.